The second-order valence-corrected chi connectivity index (χ2v) is 4.27. The highest BCUT2D eigenvalue weighted by molar-refractivity contribution is 5.93. The summed E-state index contributed by atoms with van der Waals surface area (Å²) in [6.07, 6.45) is 3.76. The van der Waals surface area contributed by atoms with Gasteiger partial charge in [0.25, 0.3) is 5.91 Å². The van der Waals surface area contributed by atoms with E-state index in [1.54, 1.807) is 6.07 Å². The van der Waals surface area contributed by atoms with E-state index in [0.29, 0.717) is 12.1 Å². The predicted octanol–water partition coefficient (Wildman–Crippen LogP) is 2.01. The Bertz CT molecular complexity index is 523. The minimum absolute atomic E-state index is 0.0123. The van der Waals surface area contributed by atoms with Crippen LogP contribution >= 0.6 is 0 Å². The molecule has 18 heavy (non-hydrogen) atoms. The van der Waals surface area contributed by atoms with Gasteiger partial charge in [0.2, 0.25) is 0 Å². The number of furan rings is 1. The van der Waals surface area contributed by atoms with Crippen LogP contribution < -0.4 is 10.1 Å². The Morgan fingerprint density at radius 2 is 2.22 bits per heavy atom. The van der Waals surface area contributed by atoms with Crippen LogP contribution in [-0.4, -0.2) is 18.6 Å². The molecule has 1 aromatic heterocycles. The van der Waals surface area contributed by atoms with E-state index in [-0.39, 0.29) is 12.0 Å². The zero-order valence-electron chi connectivity index (χ0n) is 9.76. The number of hydrogen-bond donors (Lipinski definition) is 1. The van der Waals surface area contributed by atoms with Crippen molar-refractivity contribution in [3.05, 3.63) is 54.0 Å². The fourth-order valence-corrected chi connectivity index (χ4v) is 2.07. The third-order valence-corrected chi connectivity index (χ3v) is 2.99. The normalized spacial score (nSPS) is 17.0. The molecule has 0 bridgehead atoms. The van der Waals surface area contributed by atoms with Crippen molar-refractivity contribution in [3.63, 3.8) is 0 Å². The highest BCUT2D eigenvalue weighted by atomic mass is 16.5. The molecular formula is C14H13NO3. The van der Waals surface area contributed by atoms with E-state index in [1.807, 2.05) is 24.3 Å². The SMILES string of the molecule is O=C(NC[C@H]1Cc2ccccc2O1)c1ccoc1. The first-order valence-corrected chi connectivity index (χ1v) is 5.88. The van der Waals surface area contributed by atoms with Crippen LogP contribution in [0.4, 0.5) is 0 Å². The Kier molecular flexibility index (Phi) is 2.76. The van der Waals surface area contributed by atoms with Crippen molar-refractivity contribution in [3.8, 4) is 5.75 Å². The highest BCUT2D eigenvalue weighted by Crippen LogP contribution is 2.27. The Morgan fingerprint density at radius 3 is 3.00 bits per heavy atom. The molecule has 0 aliphatic carbocycles. The summed E-state index contributed by atoms with van der Waals surface area (Å²) in [5.74, 6) is 0.781. The average Bonchev–Trinajstić information content (AvgIpc) is 3.04. The molecule has 1 aliphatic rings. The molecule has 92 valence electrons. The van der Waals surface area contributed by atoms with Gasteiger partial charge in [-0.3, -0.25) is 4.79 Å². The van der Waals surface area contributed by atoms with Crippen LogP contribution in [0.15, 0.2) is 47.3 Å². The van der Waals surface area contributed by atoms with E-state index < -0.39 is 0 Å². The smallest absolute Gasteiger partial charge is 0.254 e. The third-order valence-electron chi connectivity index (χ3n) is 2.99. The Balaban J connectivity index is 1.56. The zero-order chi connectivity index (χ0) is 12.4. The summed E-state index contributed by atoms with van der Waals surface area (Å²) in [5.41, 5.74) is 1.73. The number of rotatable bonds is 3. The molecule has 1 aromatic carbocycles. The fourth-order valence-electron chi connectivity index (χ4n) is 2.07. The van der Waals surface area contributed by atoms with Gasteiger partial charge in [-0.05, 0) is 17.7 Å². The molecule has 2 aromatic rings. The molecule has 2 heterocycles. The fraction of sp³-hybridized carbons (Fsp3) is 0.214. The van der Waals surface area contributed by atoms with E-state index in [1.165, 1.54) is 18.1 Å². The number of ether oxygens (including phenoxy) is 1. The number of carbonyl (C=O) groups excluding carboxylic acids is 1. The van der Waals surface area contributed by atoms with E-state index in [4.69, 9.17) is 9.15 Å². The lowest BCUT2D eigenvalue weighted by atomic mass is 10.1. The van der Waals surface area contributed by atoms with E-state index in [2.05, 4.69) is 5.32 Å². The summed E-state index contributed by atoms with van der Waals surface area (Å²) >= 11 is 0. The number of para-hydroxylation sites is 1. The van der Waals surface area contributed by atoms with Crippen LogP contribution in [-0.2, 0) is 6.42 Å². The van der Waals surface area contributed by atoms with Crippen LogP contribution in [0.3, 0.4) is 0 Å². The van der Waals surface area contributed by atoms with Crippen LogP contribution in [0.5, 0.6) is 5.75 Å². The Labute approximate surface area is 105 Å². The van der Waals surface area contributed by atoms with Crippen molar-refractivity contribution >= 4 is 5.91 Å². The first-order valence-electron chi connectivity index (χ1n) is 5.88. The summed E-state index contributed by atoms with van der Waals surface area (Å²) in [7, 11) is 0. The minimum atomic E-state index is -0.136. The molecule has 0 radical (unpaired) electrons. The number of benzene rings is 1. The maximum Gasteiger partial charge on any atom is 0.254 e. The lowest BCUT2D eigenvalue weighted by Crippen LogP contribution is -2.34. The Hall–Kier alpha value is -2.23. The second kappa shape index (κ2) is 4.56. The van der Waals surface area contributed by atoms with Gasteiger partial charge in [0.05, 0.1) is 18.4 Å². The monoisotopic (exact) mass is 243 g/mol. The van der Waals surface area contributed by atoms with Crippen LogP contribution in [0.25, 0.3) is 0 Å². The third kappa shape index (κ3) is 2.09. The molecule has 0 unspecified atom stereocenters. The molecule has 1 N–H and O–H groups in total. The number of nitrogens with one attached hydrogen (secondary N) is 1. The average molecular weight is 243 g/mol. The molecule has 1 atom stereocenters. The quantitative estimate of drug-likeness (QED) is 0.897. The van der Waals surface area contributed by atoms with Crippen molar-refractivity contribution in [2.75, 3.05) is 6.54 Å². The number of carbonyl (C=O) groups is 1. The molecular weight excluding hydrogens is 230 g/mol. The summed E-state index contributed by atoms with van der Waals surface area (Å²) in [5, 5.41) is 2.84. The van der Waals surface area contributed by atoms with Gasteiger partial charge in [-0.2, -0.15) is 0 Å². The molecule has 0 spiro atoms. The largest absolute Gasteiger partial charge is 0.488 e. The molecule has 4 heteroatoms. The van der Waals surface area contributed by atoms with Crippen LogP contribution in [0.1, 0.15) is 15.9 Å². The van der Waals surface area contributed by atoms with Gasteiger partial charge in [-0.1, -0.05) is 18.2 Å². The molecule has 4 nitrogen and oxygen atoms in total. The van der Waals surface area contributed by atoms with E-state index >= 15 is 0 Å². The minimum Gasteiger partial charge on any atom is -0.488 e. The zero-order valence-corrected chi connectivity index (χ0v) is 9.76. The first-order chi connectivity index (χ1) is 8.83. The maximum absolute atomic E-state index is 11.7. The summed E-state index contributed by atoms with van der Waals surface area (Å²) in [4.78, 5) is 11.7. The summed E-state index contributed by atoms with van der Waals surface area (Å²) in [6, 6.07) is 9.58. The summed E-state index contributed by atoms with van der Waals surface area (Å²) in [6.45, 7) is 0.499. The van der Waals surface area contributed by atoms with Gasteiger partial charge in [0, 0.05) is 6.42 Å². The predicted molar refractivity (Wildman–Crippen MR) is 65.6 cm³/mol. The van der Waals surface area contributed by atoms with Crippen molar-refractivity contribution in [2.45, 2.75) is 12.5 Å². The van der Waals surface area contributed by atoms with Gasteiger partial charge >= 0.3 is 0 Å². The molecule has 0 saturated heterocycles. The number of fused-ring (bicyclic) bond motifs is 1. The Morgan fingerprint density at radius 1 is 1.33 bits per heavy atom. The maximum atomic E-state index is 11.7. The molecule has 1 aliphatic heterocycles. The standard InChI is InChI=1S/C14H13NO3/c16-14(11-5-6-17-9-11)15-8-12-7-10-3-1-2-4-13(10)18-12/h1-6,9,12H,7-8H2,(H,15,16)/t12-/m1/s1. The van der Waals surface area contributed by atoms with Gasteiger partial charge in [-0.25, -0.2) is 0 Å². The van der Waals surface area contributed by atoms with E-state index in [0.717, 1.165) is 12.2 Å². The topological polar surface area (TPSA) is 51.5 Å². The lowest BCUT2D eigenvalue weighted by Gasteiger charge is -2.11. The van der Waals surface area contributed by atoms with Gasteiger partial charge < -0.3 is 14.5 Å². The molecule has 1 amide bonds. The van der Waals surface area contributed by atoms with Crippen LogP contribution in [0, 0.1) is 0 Å². The molecule has 3 rings (SSSR count). The van der Waals surface area contributed by atoms with Crippen molar-refractivity contribution in [2.24, 2.45) is 0 Å². The van der Waals surface area contributed by atoms with Crippen molar-refractivity contribution in [1.82, 2.24) is 5.32 Å². The lowest BCUT2D eigenvalue weighted by molar-refractivity contribution is 0.0933. The molecule has 0 saturated carbocycles. The highest BCUT2D eigenvalue weighted by Gasteiger charge is 2.22. The van der Waals surface area contributed by atoms with Gasteiger partial charge in [0.1, 0.15) is 18.1 Å². The van der Waals surface area contributed by atoms with Crippen LogP contribution in [0.2, 0.25) is 0 Å². The van der Waals surface area contributed by atoms with Gasteiger partial charge in [-0.15, -0.1) is 0 Å². The van der Waals surface area contributed by atoms with Crippen molar-refractivity contribution in [1.29, 1.82) is 0 Å². The second-order valence-electron chi connectivity index (χ2n) is 4.27. The van der Waals surface area contributed by atoms with Crippen molar-refractivity contribution < 1.29 is 13.9 Å². The number of hydrogen-bond acceptors (Lipinski definition) is 3. The van der Waals surface area contributed by atoms with Gasteiger partial charge in [0.15, 0.2) is 0 Å². The first kappa shape index (κ1) is 10.9. The molecule has 0 fully saturated rings. The van der Waals surface area contributed by atoms with E-state index in [9.17, 15) is 4.79 Å². The number of amides is 1. The summed E-state index contributed by atoms with van der Waals surface area (Å²) < 4.78 is 10.6.